The van der Waals surface area contributed by atoms with Crippen LogP contribution in [0.1, 0.15) is 23.2 Å². The number of carbonyl (C=O) groups is 2. The van der Waals surface area contributed by atoms with Crippen molar-refractivity contribution in [3.8, 4) is 33.6 Å². The Kier molecular flexibility index (Phi) is 5.93. The molecule has 3 heterocycles. The van der Waals surface area contributed by atoms with Crippen LogP contribution in [0.15, 0.2) is 36.4 Å². The summed E-state index contributed by atoms with van der Waals surface area (Å²) in [7, 11) is 3.04. The highest BCUT2D eigenvalue weighted by molar-refractivity contribution is 7.18. The fourth-order valence-electron chi connectivity index (χ4n) is 4.02. The average Bonchev–Trinajstić information content (AvgIpc) is 3.63. The van der Waals surface area contributed by atoms with Gasteiger partial charge in [-0.15, -0.1) is 10.2 Å². The van der Waals surface area contributed by atoms with Crippen molar-refractivity contribution in [1.29, 1.82) is 0 Å². The van der Waals surface area contributed by atoms with E-state index in [4.69, 9.17) is 18.9 Å². The summed E-state index contributed by atoms with van der Waals surface area (Å²) in [5, 5.41) is 12.1. The van der Waals surface area contributed by atoms with Gasteiger partial charge in [-0.25, -0.2) is 0 Å². The molecule has 11 heteroatoms. The number of nitrogens with zero attached hydrogens (tertiary/aromatic N) is 3. The van der Waals surface area contributed by atoms with Gasteiger partial charge in [0, 0.05) is 18.2 Å². The number of ether oxygens (including phenoxy) is 4. The van der Waals surface area contributed by atoms with Crippen LogP contribution in [0.5, 0.6) is 23.0 Å². The Hall–Kier alpha value is -3.86. The summed E-state index contributed by atoms with van der Waals surface area (Å²) in [6.45, 7) is 0.667. The van der Waals surface area contributed by atoms with Crippen LogP contribution < -0.4 is 24.3 Å². The maximum absolute atomic E-state index is 13.3. The predicted octanol–water partition coefficient (Wildman–Crippen LogP) is 3.19. The average molecular weight is 483 g/mol. The molecule has 5 rings (SSSR count). The third kappa shape index (κ3) is 4.10. The van der Waals surface area contributed by atoms with Gasteiger partial charge < -0.3 is 23.8 Å². The van der Waals surface area contributed by atoms with Crippen LogP contribution in [-0.4, -0.2) is 60.5 Å². The van der Waals surface area contributed by atoms with Crippen molar-refractivity contribution >= 4 is 28.3 Å². The maximum Gasteiger partial charge on any atom is 0.258 e. The molecule has 0 spiro atoms. The van der Waals surface area contributed by atoms with Crippen LogP contribution >= 0.6 is 11.3 Å². The number of amides is 2. The molecule has 1 aromatic heterocycles. The number of benzene rings is 2. The lowest BCUT2D eigenvalue weighted by atomic mass is 10.1. The van der Waals surface area contributed by atoms with Crippen molar-refractivity contribution in [2.45, 2.75) is 18.9 Å². The van der Waals surface area contributed by atoms with Crippen molar-refractivity contribution in [3.05, 3.63) is 42.0 Å². The lowest BCUT2D eigenvalue weighted by Gasteiger charge is -2.24. The number of methoxy groups -OCH3 is 2. The molecular weight excluding hydrogens is 460 g/mol. The number of carbonyl (C=O) groups excluding carboxylic acids is 2. The highest BCUT2D eigenvalue weighted by atomic mass is 32.1. The molecule has 34 heavy (non-hydrogen) atoms. The highest BCUT2D eigenvalue weighted by Crippen LogP contribution is 2.37. The Morgan fingerprint density at radius 3 is 2.76 bits per heavy atom. The Bertz CT molecular complexity index is 1250. The Morgan fingerprint density at radius 2 is 1.94 bits per heavy atom. The number of rotatable bonds is 6. The van der Waals surface area contributed by atoms with Gasteiger partial charge in [0.1, 0.15) is 22.5 Å². The fraction of sp³-hybridized carbons (Fsp3) is 0.304. The summed E-state index contributed by atoms with van der Waals surface area (Å²) in [4.78, 5) is 27.9. The molecular formula is C23H22N4O6S. The molecule has 1 N–H and O–H groups in total. The molecule has 1 atom stereocenters. The number of fused-ring (bicyclic) bond motifs is 1. The van der Waals surface area contributed by atoms with Gasteiger partial charge >= 0.3 is 0 Å². The fourth-order valence-corrected chi connectivity index (χ4v) is 4.76. The number of hydrogen-bond acceptors (Lipinski definition) is 9. The zero-order valence-electron chi connectivity index (χ0n) is 18.6. The molecule has 2 aliphatic rings. The van der Waals surface area contributed by atoms with E-state index in [1.54, 1.807) is 30.2 Å². The first kappa shape index (κ1) is 22.0. The van der Waals surface area contributed by atoms with Gasteiger partial charge in [-0.3, -0.25) is 14.9 Å². The monoisotopic (exact) mass is 482 g/mol. The lowest BCUT2D eigenvalue weighted by molar-refractivity contribution is -0.119. The Morgan fingerprint density at radius 1 is 1.09 bits per heavy atom. The van der Waals surface area contributed by atoms with Crippen LogP contribution in [0.2, 0.25) is 0 Å². The summed E-state index contributed by atoms with van der Waals surface area (Å²) in [5.74, 6) is 1.74. The molecule has 1 fully saturated rings. The van der Waals surface area contributed by atoms with Crippen molar-refractivity contribution in [3.63, 3.8) is 0 Å². The van der Waals surface area contributed by atoms with Gasteiger partial charge in [-0.2, -0.15) is 0 Å². The molecule has 3 aromatic rings. The van der Waals surface area contributed by atoms with Gasteiger partial charge in [-0.1, -0.05) is 11.3 Å². The third-order valence-corrected chi connectivity index (χ3v) is 6.62. The van der Waals surface area contributed by atoms with Crippen LogP contribution in [-0.2, 0) is 4.79 Å². The van der Waals surface area contributed by atoms with Crippen molar-refractivity contribution in [2.75, 3.05) is 32.9 Å². The number of anilines is 1. The van der Waals surface area contributed by atoms with Crippen LogP contribution in [0.3, 0.4) is 0 Å². The van der Waals surface area contributed by atoms with E-state index < -0.39 is 6.04 Å². The van der Waals surface area contributed by atoms with Crippen LogP contribution in [0.4, 0.5) is 5.13 Å². The molecule has 10 nitrogen and oxygen atoms in total. The number of likely N-dealkylation sites (tertiary alicyclic amines) is 1. The molecule has 0 saturated carbocycles. The van der Waals surface area contributed by atoms with E-state index in [0.29, 0.717) is 51.7 Å². The van der Waals surface area contributed by atoms with Gasteiger partial charge in [0.25, 0.3) is 5.91 Å². The summed E-state index contributed by atoms with van der Waals surface area (Å²) >= 11 is 1.25. The molecule has 1 saturated heterocycles. The smallest absolute Gasteiger partial charge is 0.258 e. The standard InChI is InChI=1S/C23H22N4O6S/c1-30-14-6-7-15(18(11-14)31-2)22(29)27-9-3-4-16(27)20(28)24-23-26-25-21(34-23)13-5-8-17-19(10-13)33-12-32-17/h5-8,10-11,16H,3-4,9,12H2,1-2H3,(H,24,26,28). The van der Waals surface area contributed by atoms with Crippen LogP contribution in [0, 0.1) is 0 Å². The van der Waals surface area contributed by atoms with Gasteiger partial charge in [-0.05, 0) is 43.2 Å². The summed E-state index contributed by atoms with van der Waals surface area (Å²) in [6, 6.07) is 9.88. The first-order valence-corrected chi connectivity index (χ1v) is 11.5. The number of hydrogen-bond donors (Lipinski definition) is 1. The second-order valence-electron chi connectivity index (χ2n) is 7.69. The Balaban J connectivity index is 1.30. The van der Waals surface area contributed by atoms with E-state index >= 15 is 0 Å². The topological polar surface area (TPSA) is 112 Å². The lowest BCUT2D eigenvalue weighted by Crippen LogP contribution is -2.43. The molecule has 0 aliphatic carbocycles. The van der Waals surface area contributed by atoms with Crippen molar-refractivity contribution < 1.29 is 28.5 Å². The Labute approximate surface area is 199 Å². The zero-order valence-corrected chi connectivity index (χ0v) is 19.4. The largest absolute Gasteiger partial charge is 0.497 e. The highest BCUT2D eigenvalue weighted by Gasteiger charge is 2.36. The zero-order chi connectivity index (χ0) is 23.7. The van der Waals surface area contributed by atoms with Gasteiger partial charge in [0.15, 0.2) is 11.5 Å². The van der Waals surface area contributed by atoms with Crippen molar-refractivity contribution in [1.82, 2.24) is 15.1 Å². The molecule has 2 aliphatic heterocycles. The minimum Gasteiger partial charge on any atom is -0.497 e. The predicted molar refractivity (Wildman–Crippen MR) is 124 cm³/mol. The first-order valence-electron chi connectivity index (χ1n) is 10.6. The maximum atomic E-state index is 13.3. The molecule has 0 radical (unpaired) electrons. The summed E-state index contributed by atoms with van der Waals surface area (Å²) in [5.41, 5.74) is 1.19. The first-order chi connectivity index (χ1) is 16.6. The SMILES string of the molecule is COc1ccc(C(=O)N2CCCC2C(=O)Nc2nnc(-c3ccc4c(c3)OCO4)s2)c(OC)c1. The summed E-state index contributed by atoms with van der Waals surface area (Å²) in [6.07, 6.45) is 1.28. The summed E-state index contributed by atoms with van der Waals surface area (Å²) < 4.78 is 21.3. The minimum atomic E-state index is -0.614. The molecule has 1 unspecified atom stereocenters. The quantitative estimate of drug-likeness (QED) is 0.570. The third-order valence-electron chi connectivity index (χ3n) is 5.73. The second kappa shape index (κ2) is 9.18. The van der Waals surface area contributed by atoms with E-state index in [1.807, 2.05) is 18.2 Å². The normalized spacial score (nSPS) is 16.4. The molecule has 2 aromatic carbocycles. The van der Waals surface area contributed by atoms with E-state index in [1.165, 1.54) is 18.4 Å². The number of nitrogens with one attached hydrogen (secondary N) is 1. The second-order valence-corrected chi connectivity index (χ2v) is 8.67. The van der Waals surface area contributed by atoms with E-state index in [2.05, 4.69) is 15.5 Å². The minimum absolute atomic E-state index is 0.190. The van der Waals surface area contributed by atoms with Gasteiger partial charge in [0.05, 0.1) is 19.8 Å². The molecule has 0 bridgehead atoms. The molecule has 176 valence electrons. The van der Waals surface area contributed by atoms with E-state index in [9.17, 15) is 9.59 Å². The van der Waals surface area contributed by atoms with E-state index in [0.717, 1.165) is 12.0 Å². The molecule has 2 amide bonds. The van der Waals surface area contributed by atoms with Crippen LogP contribution in [0.25, 0.3) is 10.6 Å². The number of aromatic nitrogens is 2. The van der Waals surface area contributed by atoms with Gasteiger partial charge in [0.2, 0.25) is 17.8 Å². The van der Waals surface area contributed by atoms with E-state index in [-0.39, 0.29) is 18.6 Å². The van der Waals surface area contributed by atoms with Crippen molar-refractivity contribution in [2.24, 2.45) is 0 Å².